The van der Waals surface area contributed by atoms with E-state index in [9.17, 15) is 4.79 Å². The van der Waals surface area contributed by atoms with Gasteiger partial charge in [-0.2, -0.15) is 0 Å². The number of hydrogen-bond donors (Lipinski definition) is 1. The monoisotopic (exact) mass is 342 g/mol. The summed E-state index contributed by atoms with van der Waals surface area (Å²) >= 11 is 0. The largest absolute Gasteiger partial charge is 0.371 e. The molecule has 1 N–H and O–H groups in total. The molecule has 2 amide bonds. The summed E-state index contributed by atoms with van der Waals surface area (Å²) in [6.07, 6.45) is 1.10. The summed E-state index contributed by atoms with van der Waals surface area (Å²) in [5.41, 5.74) is 3.08. The average Bonchev–Trinajstić information content (AvgIpc) is 3.22. The van der Waals surface area contributed by atoms with Crippen molar-refractivity contribution in [3.05, 3.63) is 47.3 Å². The van der Waals surface area contributed by atoms with E-state index < -0.39 is 0 Å². The van der Waals surface area contributed by atoms with E-state index in [-0.39, 0.29) is 6.03 Å². The van der Waals surface area contributed by atoms with Gasteiger partial charge in [0.25, 0.3) is 0 Å². The van der Waals surface area contributed by atoms with Gasteiger partial charge in [0.2, 0.25) is 0 Å². The van der Waals surface area contributed by atoms with E-state index in [4.69, 9.17) is 4.52 Å². The first-order chi connectivity index (χ1) is 12.0. The molecule has 25 heavy (non-hydrogen) atoms. The molecule has 1 saturated heterocycles. The Morgan fingerprint density at radius 3 is 2.80 bits per heavy atom. The lowest BCUT2D eigenvalue weighted by Crippen LogP contribution is -2.39. The van der Waals surface area contributed by atoms with E-state index in [0.29, 0.717) is 19.0 Å². The third-order valence-corrected chi connectivity index (χ3v) is 4.87. The van der Waals surface area contributed by atoms with Crippen molar-refractivity contribution in [3.63, 3.8) is 0 Å². The minimum Gasteiger partial charge on any atom is -0.371 e. The number of carbonyl (C=O) groups is 1. The molecule has 1 aliphatic rings. The number of para-hydroxylation sites is 1. The van der Waals surface area contributed by atoms with Gasteiger partial charge in [0.1, 0.15) is 5.76 Å². The number of hydrogen-bond acceptors (Lipinski definition) is 4. The highest BCUT2D eigenvalue weighted by molar-refractivity contribution is 5.73. The molecule has 1 fully saturated rings. The van der Waals surface area contributed by atoms with Gasteiger partial charge in [0.15, 0.2) is 0 Å². The second kappa shape index (κ2) is 7.59. The van der Waals surface area contributed by atoms with Gasteiger partial charge >= 0.3 is 6.03 Å². The number of anilines is 1. The molecule has 6 heteroatoms. The SMILES string of the molecule is Cc1noc(C)c1CN(C)C(=O)NC[C@@H]1CCN(c2ccccc2)C1. The molecule has 0 unspecified atom stereocenters. The number of rotatable bonds is 5. The van der Waals surface area contributed by atoms with Crippen molar-refractivity contribution in [3.8, 4) is 0 Å². The van der Waals surface area contributed by atoms with Gasteiger partial charge < -0.3 is 19.6 Å². The van der Waals surface area contributed by atoms with Gasteiger partial charge in [-0.15, -0.1) is 0 Å². The van der Waals surface area contributed by atoms with E-state index >= 15 is 0 Å². The fourth-order valence-electron chi connectivity index (χ4n) is 3.28. The number of aryl methyl sites for hydroxylation is 2. The maximum absolute atomic E-state index is 12.4. The summed E-state index contributed by atoms with van der Waals surface area (Å²) in [7, 11) is 1.80. The van der Waals surface area contributed by atoms with Crippen molar-refractivity contribution in [2.24, 2.45) is 5.92 Å². The summed E-state index contributed by atoms with van der Waals surface area (Å²) in [5, 5.41) is 6.99. The molecule has 1 aromatic heterocycles. The molecule has 6 nitrogen and oxygen atoms in total. The van der Waals surface area contributed by atoms with E-state index in [0.717, 1.165) is 36.5 Å². The van der Waals surface area contributed by atoms with Crippen LogP contribution in [0.1, 0.15) is 23.4 Å². The topological polar surface area (TPSA) is 61.6 Å². The average molecular weight is 342 g/mol. The Morgan fingerprint density at radius 2 is 2.12 bits per heavy atom. The molecule has 0 bridgehead atoms. The van der Waals surface area contributed by atoms with Crippen molar-refractivity contribution in [1.29, 1.82) is 0 Å². The Morgan fingerprint density at radius 1 is 1.36 bits per heavy atom. The van der Waals surface area contributed by atoms with Crippen LogP contribution in [0.4, 0.5) is 10.5 Å². The van der Waals surface area contributed by atoms with Crippen LogP contribution in [0.25, 0.3) is 0 Å². The number of benzene rings is 1. The first kappa shape index (κ1) is 17.3. The first-order valence-electron chi connectivity index (χ1n) is 8.75. The summed E-state index contributed by atoms with van der Waals surface area (Å²) in [6.45, 7) is 7.01. The van der Waals surface area contributed by atoms with E-state index in [1.807, 2.05) is 19.9 Å². The number of urea groups is 1. The zero-order valence-electron chi connectivity index (χ0n) is 15.2. The third kappa shape index (κ3) is 4.13. The quantitative estimate of drug-likeness (QED) is 0.907. The number of nitrogens with one attached hydrogen (secondary N) is 1. The normalized spacial score (nSPS) is 16.9. The van der Waals surface area contributed by atoms with Gasteiger partial charge in [-0.05, 0) is 38.3 Å². The molecule has 0 aliphatic carbocycles. The predicted octanol–water partition coefficient (Wildman–Crippen LogP) is 2.96. The van der Waals surface area contributed by atoms with E-state index in [1.54, 1.807) is 11.9 Å². The van der Waals surface area contributed by atoms with E-state index in [1.165, 1.54) is 5.69 Å². The Bertz CT molecular complexity index is 694. The van der Waals surface area contributed by atoms with Crippen molar-refractivity contribution in [1.82, 2.24) is 15.4 Å². The van der Waals surface area contributed by atoms with Crippen molar-refractivity contribution >= 4 is 11.7 Å². The van der Waals surface area contributed by atoms with Crippen LogP contribution in [0.2, 0.25) is 0 Å². The van der Waals surface area contributed by atoms with Crippen molar-refractivity contribution < 1.29 is 9.32 Å². The fourth-order valence-corrected chi connectivity index (χ4v) is 3.28. The molecule has 2 heterocycles. The van der Waals surface area contributed by atoms with Crippen LogP contribution in [0.5, 0.6) is 0 Å². The standard InChI is InChI=1S/C19H26N4O2/c1-14-18(15(2)25-21-14)13-22(3)19(24)20-11-16-9-10-23(12-16)17-7-5-4-6-8-17/h4-8,16H,9-13H2,1-3H3,(H,20,24)/t16-/m0/s1. The van der Waals surface area contributed by atoms with Crippen molar-refractivity contribution in [2.75, 3.05) is 31.6 Å². The second-order valence-corrected chi connectivity index (χ2v) is 6.78. The molecule has 0 radical (unpaired) electrons. The van der Waals surface area contributed by atoms with Gasteiger partial charge in [-0.1, -0.05) is 23.4 Å². The molecule has 134 valence electrons. The minimum atomic E-state index is -0.0573. The zero-order valence-corrected chi connectivity index (χ0v) is 15.2. The van der Waals surface area contributed by atoms with Gasteiger partial charge in [0.05, 0.1) is 12.2 Å². The molecular formula is C19H26N4O2. The van der Waals surface area contributed by atoms with E-state index in [2.05, 4.69) is 39.6 Å². The molecular weight excluding hydrogens is 316 g/mol. The Labute approximate surface area is 148 Å². The lowest BCUT2D eigenvalue weighted by molar-refractivity contribution is 0.205. The third-order valence-electron chi connectivity index (χ3n) is 4.87. The van der Waals surface area contributed by atoms with Gasteiger partial charge in [0, 0.05) is 37.9 Å². The zero-order chi connectivity index (χ0) is 17.8. The molecule has 1 aliphatic heterocycles. The summed E-state index contributed by atoms with van der Waals surface area (Å²) in [4.78, 5) is 16.4. The van der Waals surface area contributed by atoms with Crippen LogP contribution in [0.3, 0.4) is 0 Å². The molecule has 1 atom stereocenters. The lowest BCUT2D eigenvalue weighted by atomic mass is 10.1. The second-order valence-electron chi connectivity index (χ2n) is 6.78. The number of nitrogens with zero attached hydrogens (tertiary/aromatic N) is 3. The number of aromatic nitrogens is 1. The molecule has 1 aromatic carbocycles. The lowest BCUT2D eigenvalue weighted by Gasteiger charge is -2.21. The number of amides is 2. The molecule has 0 saturated carbocycles. The number of carbonyl (C=O) groups excluding carboxylic acids is 1. The minimum absolute atomic E-state index is 0.0573. The van der Waals surface area contributed by atoms with Gasteiger partial charge in [-0.25, -0.2) is 4.79 Å². The summed E-state index contributed by atoms with van der Waals surface area (Å²) < 4.78 is 5.16. The summed E-state index contributed by atoms with van der Waals surface area (Å²) in [6, 6.07) is 10.4. The van der Waals surface area contributed by atoms with Crippen LogP contribution in [0.15, 0.2) is 34.9 Å². The molecule has 3 rings (SSSR count). The smallest absolute Gasteiger partial charge is 0.317 e. The van der Waals surface area contributed by atoms with Crippen LogP contribution in [0, 0.1) is 19.8 Å². The van der Waals surface area contributed by atoms with Crippen LogP contribution in [-0.4, -0.2) is 42.8 Å². The molecule has 2 aromatic rings. The Hall–Kier alpha value is -2.50. The first-order valence-corrected chi connectivity index (χ1v) is 8.75. The maximum atomic E-state index is 12.4. The maximum Gasteiger partial charge on any atom is 0.317 e. The Kier molecular flexibility index (Phi) is 5.26. The fraction of sp³-hybridized carbons (Fsp3) is 0.474. The highest BCUT2D eigenvalue weighted by Crippen LogP contribution is 2.23. The van der Waals surface area contributed by atoms with Crippen LogP contribution < -0.4 is 10.2 Å². The summed E-state index contributed by atoms with van der Waals surface area (Å²) in [5.74, 6) is 1.25. The highest BCUT2D eigenvalue weighted by Gasteiger charge is 2.23. The highest BCUT2D eigenvalue weighted by atomic mass is 16.5. The Balaban J connectivity index is 1.46. The van der Waals surface area contributed by atoms with Crippen LogP contribution >= 0.6 is 0 Å². The van der Waals surface area contributed by atoms with Crippen LogP contribution in [-0.2, 0) is 6.54 Å². The van der Waals surface area contributed by atoms with Crippen molar-refractivity contribution in [2.45, 2.75) is 26.8 Å². The molecule has 0 spiro atoms. The van der Waals surface area contributed by atoms with Gasteiger partial charge in [-0.3, -0.25) is 0 Å². The predicted molar refractivity (Wildman–Crippen MR) is 97.6 cm³/mol.